The minimum Gasteiger partial charge on any atom is -0.368 e. The second kappa shape index (κ2) is 7.31. The highest BCUT2D eigenvalue weighted by molar-refractivity contribution is 6.37. The van der Waals surface area contributed by atoms with Crippen molar-refractivity contribution in [2.45, 2.75) is 0 Å². The molecule has 0 aromatic carbocycles. The lowest BCUT2D eigenvalue weighted by molar-refractivity contribution is 0.111. The van der Waals surface area contributed by atoms with Gasteiger partial charge in [-0.3, -0.25) is 9.59 Å². The van der Waals surface area contributed by atoms with Gasteiger partial charge in [-0.15, -0.1) is 0 Å². The molecule has 2 aromatic heterocycles. The summed E-state index contributed by atoms with van der Waals surface area (Å²) in [5.41, 5.74) is 10.8. The Morgan fingerprint density at radius 2 is 1.40 bits per heavy atom. The molecule has 20 heavy (non-hydrogen) atoms. The third-order valence-electron chi connectivity index (χ3n) is 1.82. The summed E-state index contributed by atoms with van der Waals surface area (Å²) in [7, 11) is 0. The van der Waals surface area contributed by atoms with Gasteiger partial charge in [0.25, 0.3) is 0 Å². The normalized spacial score (nSPS) is 9.30. The molecule has 0 unspecified atom stereocenters. The fourth-order valence-corrected chi connectivity index (χ4v) is 1.43. The molecular weight excluding hydrogens is 307 g/mol. The van der Waals surface area contributed by atoms with Gasteiger partial charge in [0.2, 0.25) is 11.9 Å². The molecule has 10 heteroatoms. The van der Waals surface area contributed by atoms with Crippen molar-refractivity contribution in [2.24, 2.45) is 0 Å². The standard InChI is InChI=1S/C5H3Cl2N3O.C5H5N3O/c6-3-2(1-11)4(7)10-5(8)9-3;6-5-7-1-4(3-9)2-8-5/h1H,(H2,8,9,10);1-3H,(H2,6,7,8). The van der Waals surface area contributed by atoms with Gasteiger partial charge in [0.05, 0.1) is 11.1 Å². The minimum absolute atomic E-state index is 0.0301. The lowest BCUT2D eigenvalue weighted by Crippen LogP contribution is -1.99. The predicted molar refractivity (Wildman–Crippen MR) is 73.7 cm³/mol. The van der Waals surface area contributed by atoms with Gasteiger partial charge >= 0.3 is 0 Å². The van der Waals surface area contributed by atoms with E-state index in [1.165, 1.54) is 12.4 Å². The SMILES string of the molecule is Nc1nc(Cl)c(C=O)c(Cl)n1.Nc1ncc(C=O)cn1. The van der Waals surface area contributed by atoms with Gasteiger partial charge in [0.1, 0.15) is 10.3 Å². The predicted octanol–water partition coefficient (Wildman–Crippen LogP) is 1.05. The monoisotopic (exact) mass is 314 g/mol. The fraction of sp³-hybridized carbons (Fsp3) is 0. The average molecular weight is 315 g/mol. The maximum atomic E-state index is 10.3. The van der Waals surface area contributed by atoms with E-state index in [2.05, 4.69) is 19.9 Å². The molecule has 0 fully saturated rings. The Balaban J connectivity index is 0.000000204. The highest BCUT2D eigenvalue weighted by Crippen LogP contribution is 2.19. The smallest absolute Gasteiger partial charge is 0.222 e. The summed E-state index contributed by atoms with van der Waals surface area (Å²) in [6, 6.07) is 0. The van der Waals surface area contributed by atoms with Crippen LogP contribution in [0.15, 0.2) is 12.4 Å². The molecule has 0 aliphatic carbocycles. The Hall–Kier alpha value is -2.32. The molecule has 4 N–H and O–H groups in total. The molecule has 0 saturated heterocycles. The molecule has 104 valence electrons. The Morgan fingerprint density at radius 3 is 1.80 bits per heavy atom. The first-order valence-corrected chi connectivity index (χ1v) is 5.70. The van der Waals surface area contributed by atoms with Crippen molar-refractivity contribution in [2.75, 3.05) is 11.5 Å². The van der Waals surface area contributed by atoms with E-state index in [1.807, 2.05) is 0 Å². The highest BCUT2D eigenvalue weighted by Gasteiger charge is 2.08. The number of nitrogen functional groups attached to an aromatic ring is 2. The van der Waals surface area contributed by atoms with Crippen LogP contribution in [0.3, 0.4) is 0 Å². The Bertz CT molecular complexity index is 597. The fourth-order valence-electron chi connectivity index (χ4n) is 0.938. The van der Waals surface area contributed by atoms with Gasteiger partial charge in [-0.05, 0) is 0 Å². The summed E-state index contributed by atoms with van der Waals surface area (Å²) >= 11 is 11.0. The van der Waals surface area contributed by atoms with Gasteiger partial charge in [-0.1, -0.05) is 23.2 Å². The number of nitrogens with zero attached hydrogens (tertiary/aromatic N) is 4. The summed E-state index contributed by atoms with van der Waals surface area (Å²) in [5, 5.41) is -0.0602. The maximum absolute atomic E-state index is 10.3. The van der Waals surface area contributed by atoms with Crippen LogP contribution in [0.1, 0.15) is 20.7 Å². The number of nitrogens with two attached hydrogens (primary N) is 2. The number of rotatable bonds is 2. The lowest BCUT2D eigenvalue weighted by Gasteiger charge is -1.97. The average Bonchev–Trinajstić information content (AvgIpc) is 2.40. The van der Waals surface area contributed by atoms with Gasteiger partial charge < -0.3 is 11.5 Å². The quantitative estimate of drug-likeness (QED) is 0.619. The molecule has 0 atom stereocenters. The van der Waals surface area contributed by atoms with Crippen molar-refractivity contribution < 1.29 is 9.59 Å². The molecule has 0 amide bonds. The topological polar surface area (TPSA) is 138 Å². The molecule has 2 heterocycles. The zero-order chi connectivity index (χ0) is 15.1. The van der Waals surface area contributed by atoms with Crippen LogP contribution < -0.4 is 11.5 Å². The van der Waals surface area contributed by atoms with E-state index < -0.39 is 0 Å². The number of aromatic nitrogens is 4. The first kappa shape index (κ1) is 15.7. The molecule has 2 aromatic rings. The molecule has 0 aliphatic rings. The van der Waals surface area contributed by atoms with Crippen LogP contribution in [-0.2, 0) is 0 Å². The Labute approximate surface area is 123 Å². The van der Waals surface area contributed by atoms with Crippen LogP contribution in [0.2, 0.25) is 10.3 Å². The van der Waals surface area contributed by atoms with Crippen molar-refractivity contribution in [1.82, 2.24) is 19.9 Å². The Morgan fingerprint density at radius 1 is 0.900 bits per heavy atom. The number of carbonyl (C=O) groups excluding carboxylic acids is 2. The number of hydrogen-bond acceptors (Lipinski definition) is 8. The first-order valence-electron chi connectivity index (χ1n) is 4.94. The first-order chi connectivity index (χ1) is 9.47. The maximum Gasteiger partial charge on any atom is 0.222 e. The van der Waals surface area contributed by atoms with Crippen molar-refractivity contribution in [3.8, 4) is 0 Å². The molecule has 2 rings (SSSR count). The summed E-state index contributed by atoms with van der Waals surface area (Å²) in [6.07, 6.45) is 3.88. The van der Waals surface area contributed by atoms with Gasteiger partial charge in [0.15, 0.2) is 12.6 Å². The van der Waals surface area contributed by atoms with Crippen molar-refractivity contribution in [1.29, 1.82) is 0 Å². The van der Waals surface area contributed by atoms with E-state index in [0.717, 1.165) is 0 Å². The van der Waals surface area contributed by atoms with E-state index in [4.69, 9.17) is 34.7 Å². The summed E-state index contributed by atoms with van der Waals surface area (Å²) < 4.78 is 0. The van der Waals surface area contributed by atoms with Crippen molar-refractivity contribution >= 4 is 47.7 Å². The summed E-state index contributed by atoms with van der Waals surface area (Å²) in [4.78, 5) is 34.5. The van der Waals surface area contributed by atoms with Crippen molar-refractivity contribution in [3.63, 3.8) is 0 Å². The van der Waals surface area contributed by atoms with E-state index in [0.29, 0.717) is 18.1 Å². The number of carbonyl (C=O) groups is 2. The highest BCUT2D eigenvalue weighted by atomic mass is 35.5. The van der Waals surface area contributed by atoms with Crippen molar-refractivity contribution in [3.05, 3.63) is 33.8 Å². The van der Waals surface area contributed by atoms with Crippen LogP contribution in [-0.4, -0.2) is 32.5 Å². The zero-order valence-electron chi connectivity index (χ0n) is 9.83. The van der Waals surface area contributed by atoms with Crippen LogP contribution in [0.4, 0.5) is 11.9 Å². The molecule has 8 nitrogen and oxygen atoms in total. The van der Waals surface area contributed by atoms with E-state index >= 15 is 0 Å². The summed E-state index contributed by atoms with van der Waals surface area (Å²) in [5.74, 6) is 0.131. The molecule has 0 aliphatic heterocycles. The van der Waals surface area contributed by atoms with Crippen LogP contribution in [0, 0.1) is 0 Å². The largest absolute Gasteiger partial charge is 0.368 e. The minimum atomic E-state index is -0.0504. The second-order valence-electron chi connectivity index (χ2n) is 3.19. The lowest BCUT2D eigenvalue weighted by atomic mass is 10.4. The van der Waals surface area contributed by atoms with E-state index in [9.17, 15) is 9.59 Å². The molecular formula is C10H8Cl2N6O2. The van der Waals surface area contributed by atoms with Gasteiger partial charge in [-0.2, -0.15) is 0 Å². The van der Waals surface area contributed by atoms with E-state index in [1.54, 1.807) is 0 Å². The molecule has 0 spiro atoms. The zero-order valence-corrected chi connectivity index (χ0v) is 11.3. The molecule has 0 bridgehead atoms. The van der Waals surface area contributed by atoms with Crippen LogP contribution >= 0.6 is 23.2 Å². The third-order valence-corrected chi connectivity index (χ3v) is 2.39. The van der Waals surface area contributed by atoms with Gasteiger partial charge in [-0.25, -0.2) is 19.9 Å². The number of hydrogen-bond donors (Lipinski definition) is 2. The van der Waals surface area contributed by atoms with Crippen LogP contribution in [0.25, 0.3) is 0 Å². The third kappa shape index (κ3) is 4.41. The van der Waals surface area contributed by atoms with Crippen LogP contribution in [0.5, 0.6) is 0 Å². The Kier molecular flexibility index (Phi) is 5.75. The van der Waals surface area contributed by atoms with Gasteiger partial charge in [0, 0.05) is 12.4 Å². The molecule has 0 saturated carbocycles. The number of halogens is 2. The summed E-state index contributed by atoms with van der Waals surface area (Å²) in [6.45, 7) is 0. The molecule has 0 radical (unpaired) electrons. The van der Waals surface area contributed by atoms with E-state index in [-0.39, 0.29) is 27.8 Å². The number of anilines is 2. The number of aldehydes is 2. The second-order valence-corrected chi connectivity index (χ2v) is 3.90.